The molecule has 8 heteroatoms. The third-order valence-corrected chi connectivity index (χ3v) is 5.25. The Labute approximate surface area is 156 Å². The van der Waals surface area contributed by atoms with Crippen LogP contribution in [-0.2, 0) is 4.74 Å². The van der Waals surface area contributed by atoms with Gasteiger partial charge in [-0.05, 0) is 31.7 Å². The first-order valence-corrected chi connectivity index (χ1v) is 9.11. The number of hydrogen-bond acceptors (Lipinski definition) is 6. The van der Waals surface area contributed by atoms with Gasteiger partial charge in [-0.1, -0.05) is 0 Å². The molecule has 1 fully saturated rings. The van der Waals surface area contributed by atoms with E-state index in [0.717, 1.165) is 41.8 Å². The summed E-state index contributed by atoms with van der Waals surface area (Å²) in [5.74, 6) is 2.00. The van der Waals surface area contributed by atoms with E-state index in [1.807, 2.05) is 46.7 Å². The summed E-state index contributed by atoms with van der Waals surface area (Å²) in [7, 11) is 1.75. The number of imidazole rings is 1. The molecule has 1 N–H and O–H groups in total. The van der Waals surface area contributed by atoms with E-state index in [0.29, 0.717) is 23.7 Å². The Morgan fingerprint density at radius 1 is 1.19 bits per heavy atom. The molecular weight excluding hydrogens is 342 g/mol. The number of aromatic nitrogens is 6. The van der Waals surface area contributed by atoms with Crippen LogP contribution in [0.1, 0.15) is 18.5 Å². The van der Waals surface area contributed by atoms with Crippen LogP contribution in [0.4, 0.5) is 5.95 Å². The number of aryl methyl sites for hydroxylation is 1. The molecule has 0 aliphatic heterocycles. The van der Waals surface area contributed by atoms with Crippen molar-refractivity contribution in [3.8, 4) is 11.1 Å². The lowest BCUT2D eigenvalue weighted by Crippen LogP contribution is -2.38. The van der Waals surface area contributed by atoms with Crippen molar-refractivity contribution in [3.05, 3.63) is 42.7 Å². The Hall–Kier alpha value is -3.00. The van der Waals surface area contributed by atoms with Crippen molar-refractivity contribution in [1.82, 2.24) is 29.0 Å². The van der Waals surface area contributed by atoms with Gasteiger partial charge in [-0.15, -0.1) is 5.10 Å². The fourth-order valence-corrected chi connectivity index (χ4v) is 3.75. The van der Waals surface area contributed by atoms with E-state index in [1.165, 1.54) is 0 Å². The molecule has 8 nitrogen and oxygen atoms in total. The van der Waals surface area contributed by atoms with Gasteiger partial charge in [0.15, 0.2) is 0 Å². The molecule has 1 aliphatic carbocycles. The lowest BCUT2D eigenvalue weighted by atomic mass is 9.81. The lowest BCUT2D eigenvalue weighted by Gasteiger charge is -2.35. The summed E-state index contributed by atoms with van der Waals surface area (Å²) in [6, 6.07) is 2.47. The minimum atomic E-state index is 0.424. The van der Waals surface area contributed by atoms with Gasteiger partial charge >= 0.3 is 0 Å². The van der Waals surface area contributed by atoms with E-state index in [9.17, 15) is 0 Å². The highest BCUT2D eigenvalue weighted by atomic mass is 16.5. The smallest absolute Gasteiger partial charge is 0.241 e. The Kier molecular flexibility index (Phi) is 3.78. The van der Waals surface area contributed by atoms with Gasteiger partial charge in [-0.3, -0.25) is 4.40 Å². The van der Waals surface area contributed by atoms with E-state index in [-0.39, 0.29) is 0 Å². The Morgan fingerprint density at radius 2 is 2.04 bits per heavy atom. The molecule has 0 aromatic carbocycles. The van der Waals surface area contributed by atoms with Crippen molar-refractivity contribution in [2.45, 2.75) is 25.8 Å². The summed E-state index contributed by atoms with van der Waals surface area (Å²) in [4.78, 5) is 13.2. The van der Waals surface area contributed by atoms with Crippen LogP contribution >= 0.6 is 0 Å². The second-order valence-electron chi connectivity index (χ2n) is 7.19. The molecule has 0 spiro atoms. The van der Waals surface area contributed by atoms with Crippen LogP contribution in [0.15, 0.2) is 37.1 Å². The fourth-order valence-electron chi connectivity index (χ4n) is 3.75. The zero-order valence-corrected chi connectivity index (χ0v) is 15.3. The van der Waals surface area contributed by atoms with E-state index in [1.54, 1.807) is 7.11 Å². The Bertz CT molecular complexity index is 1110. The number of fused-ring (bicyclic) bond motifs is 2. The van der Waals surface area contributed by atoms with Gasteiger partial charge in [0, 0.05) is 55.2 Å². The SMILES string of the molecule is COCC1CC(Nc2ncc3c(-c4cnc5ncc(C)n5c4)ccn3n2)C1. The largest absolute Gasteiger partial charge is 0.384 e. The number of methoxy groups -OCH3 is 1. The third-order valence-electron chi connectivity index (χ3n) is 5.25. The molecule has 1 aliphatic rings. The predicted molar refractivity (Wildman–Crippen MR) is 102 cm³/mol. The van der Waals surface area contributed by atoms with Gasteiger partial charge in [-0.25, -0.2) is 19.5 Å². The van der Waals surface area contributed by atoms with Gasteiger partial charge in [0.05, 0.1) is 17.9 Å². The standard InChI is InChI=1S/C19H21N7O/c1-12-7-21-19-22-8-14(10-25(12)19)16-3-4-26-17(16)9-20-18(24-26)23-15-5-13(6-15)11-27-2/h3-4,7-10,13,15H,5-6,11H2,1-2H3,(H,23,24). The van der Waals surface area contributed by atoms with Crippen molar-refractivity contribution in [2.75, 3.05) is 19.0 Å². The monoisotopic (exact) mass is 363 g/mol. The van der Waals surface area contributed by atoms with E-state index < -0.39 is 0 Å². The first-order chi connectivity index (χ1) is 13.2. The van der Waals surface area contributed by atoms with Gasteiger partial charge < -0.3 is 10.1 Å². The number of nitrogens with zero attached hydrogens (tertiary/aromatic N) is 6. The molecule has 0 saturated heterocycles. The second-order valence-corrected chi connectivity index (χ2v) is 7.19. The van der Waals surface area contributed by atoms with Crippen molar-refractivity contribution >= 4 is 17.2 Å². The summed E-state index contributed by atoms with van der Waals surface area (Å²) in [5, 5.41) is 8.02. The number of ether oxygens (including phenoxy) is 1. The molecule has 5 rings (SSSR count). The van der Waals surface area contributed by atoms with Crippen molar-refractivity contribution in [3.63, 3.8) is 0 Å². The molecule has 1 saturated carbocycles. The number of rotatable bonds is 5. The second kappa shape index (κ2) is 6.31. The Balaban J connectivity index is 1.41. The maximum absolute atomic E-state index is 5.20. The molecule has 4 aromatic heterocycles. The van der Waals surface area contributed by atoms with Crippen molar-refractivity contribution in [1.29, 1.82) is 0 Å². The zero-order valence-electron chi connectivity index (χ0n) is 15.3. The van der Waals surface area contributed by atoms with Crippen LogP contribution in [0.25, 0.3) is 22.4 Å². The van der Waals surface area contributed by atoms with Crippen LogP contribution in [0.5, 0.6) is 0 Å². The van der Waals surface area contributed by atoms with Gasteiger partial charge in [0.1, 0.15) is 0 Å². The molecule has 27 heavy (non-hydrogen) atoms. The topological polar surface area (TPSA) is 81.6 Å². The molecule has 0 bridgehead atoms. The van der Waals surface area contributed by atoms with Crippen molar-refractivity contribution in [2.24, 2.45) is 5.92 Å². The Morgan fingerprint density at radius 3 is 2.89 bits per heavy atom. The maximum atomic E-state index is 5.20. The average Bonchev–Trinajstić information content (AvgIpc) is 3.23. The predicted octanol–water partition coefficient (Wildman–Crippen LogP) is 2.58. The summed E-state index contributed by atoms with van der Waals surface area (Å²) in [6.45, 7) is 2.84. The summed E-state index contributed by atoms with van der Waals surface area (Å²) in [6.07, 6.45) is 11.7. The third kappa shape index (κ3) is 2.82. The maximum Gasteiger partial charge on any atom is 0.241 e. The van der Waals surface area contributed by atoms with E-state index in [2.05, 4.69) is 31.6 Å². The molecule has 0 radical (unpaired) electrons. The quantitative estimate of drug-likeness (QED) is 0.587. The molecule has 0 unspecified atom stereocenters. The summed E-state index contributed by atoms with van der Waals surface area (Å²) >= 11 is 0. The average molecular weight is 363 g/mol. The summed E-state index contributed by atoms with van der Waals surface area (Å²) < 4.78 is 9.05. The van der Waals surface area contributed by atoms with Crippen LogP contribution in [0.3, 0.4) is 0 Å². The molecule has 138 valence electrons. The van der Waals surface area contributed by atoms with Gasteiger partial charge in [0.25, 0.3) is 0 Å². The minimum Gasteiger partial charge on any atom is -0.384 e. The highest BCUT2D eigenvalue weighted by Crippen LogP contribution is 2.30. The van der Waals surface area contributed by atoms with Crippen LogP contribution < -0.4 is 5.32 Å². The molecule has 4 aromatic rings. The highest BCUT2D eigenvalue weighted by molar-refractivity contribution is 5.79. The van der Waals surface area contributed by atoms with Crippen LogP contribution in [-0.4, -0.2) is 48.7 Å². The van der Waals surface area contributed by atoms with Crippen LogP contribution in [0, 0.1) is 12.8 Å². The minimum absolute atomic E-state index is 0.424. The first-order valence-electron chi connectivity index (χ1n) is 9.11. The molecule has 0 amide bonds. The lowest BCUT2D eigenvalue weighted by molar-refractivity contribution is 0.104. The number of nitrogens with one attached hydrogen (secondary N) is 1. The highest BCUT2D eigenvalue weighted by Gasteiger charge is 2.29. The first kappa shape index (κ1) is 16.2. The van der Waals surface area contributed by atoms with Crippen LogP contribution in [0.2, 0.25) is 0 Å². The molecule has 0 atom stereocenters. The molecule has 4 heterocycles. The van der Waals surface area contributed by atoms with E-state index >= 15 is 0 Å². The molecular formula is C19H21N7O. The van der Waals surface area contributed by atoms with Crippen molar-refractivity contribution < 1.29 is 4.74 Å². The number of anilines is 1. The summed E-state index contributed by atoms with van der Waals surface area (Å²) in [5.41, 5.74) is 4.06. The van der Waals surface area contributed by atoms with E-state index in [4.69, 9.17) is 4.74 Å². The fraction of sp³-hybridized carbons (Fsp3) is 0.368. The van der Waals surface area contributed by atoms with Gasteiger partial charge in [-0.2, -0.15) is 0 Å². The zero-order chi connectivity index (χ0) is 18.4. The number of hydrogen-bond donors (Lipinski definition) is 1. The normalized spacial score (nSPS) is 19.5. The van der Waals surface area contributed by atoms with Gasteiger partial charge in [0.2, 0.25) is 11.7 Å².